The molecule has 1 aliphatic heterocycles. The maximum Gasteiger partial charge on any atom is 0.232 e. The summed E-state index contributed by atoms with van der Waals surface area (Å²) < 4.78 is 12.1. The van der Waals surface area contributed by atoms with Gasteiger partial charge in [0.15, 0.2) is 0 Å². The van der Waals surface area contributed by atoms with E-state index in [1.54, 1.807) is 18.6 Å². The summed E-state index contributed by atoms with van der Waals surface area (Å²) in [5.41, 5.74) is 0.466. The topological polar surface area (TPSA) is 56.3 Å². The lowest BCUT2D eigenvalue weighted by atomic mass is 9.54. The van der Waals surface area contributed by atoms with Gasteiger partial charge in [0.05, 0.1) is 12.3 Å². The van der Waals surface area contributed by atoms with E-state index >= 15 is 0 Å². The van der Waals surface area contributed by atoms with Crippen LogP contribution in [0.5, 0.6) is 5.88 Å². The van der Waals surface area contributed by atoms with Gasteiger partial charge in [0.1, 0.15) is 6.10 Å². The van der Waals surface area contributed by atoms with Crippen LogP contribution in [0.25, 0.3) is 0 Å². The lowest BCUT2D eigenvalue weighted by Crippen LogP contribution is -2.69. The van der Waals surface area contributed by atoms with Gasteiger partial charge in [-0.3, -0.25) is 4.98 Å². The summed E-state index contributed by atoms with van der Waals surface area (Å²) in [6.07, 6.45) is 17.4. The second-order valence-corrected chi connectivity index (χ2v) is 8.46. The van der Waals surface area contributed by atoms with Crippen LogP contribution in [0.2, 0.25) is 0 Å². The number of ether oxygens (including phenoxy) is 2. The smallest absolute Gasteiger partial charge is 0.232 e. The number of nitrogens with zero attached hydrogens (tertiary/aromatic N) is 2. The van der Waals surface area contributed by atoms with Crippen molar-refractivity contribution in [3.8, 4) is 5.88 Å². The first kappa shape index (κ1) is 16.0. The van der Waals surface area contributed by atoms with Gasteiger partial charge in [-0.25, -0.2) is 4.98 Å². The predicted molar refractivity (Wildman–Crippen MR) is 94.4 cm³/mol. The molecule has 5 nitrogen and oxygen atoms in total. The van der Waals surface area contributed by atoms with E-state index in [0.717, 1.165) is 25.4 Å². The van der Waals surface area contributed by atoms with Crippen LogP contribution in [-0.2, 0) is 4.74 Å². The summed E-state index contributed by atoms with van der Waals surface area (Å²) in [6.45, 7) is 0.980. The van der Waals surface area contributed by atoms with Crippen molar-refractivity contribution in [2.75, 3.05) is 6.61 Å². The molecule has 25 heavy (non-hydrogen) atoms. The van der Waals surface area contributed by atoms with Gasteiger partial charge in [0.25, 0.3) is 0 Å². The summed E-state index contributed by atoms with van der Waals surface area (Å²) in [4.78, 5) is 8.32. The monoisotopic (exact) mass is 343 g/mol. The van der Waals surface area contributed by atoms with Crippen molar-refractivity contribution < 1.29 is 9.47 Å². The second-order valence-electron chi connectivity index (χ2n) is 8.46. The van der Waals surface area contributed by atoms with Crippen molar-refractivity contribution in [2.24, 2.45) is 11.3 Å². The fourth-order valence-electron chi connectivity index (χ4n) is 6.06. The minimum absolute atomic E-state index is 0.291. The van der Waals surface area contributed by atoms with Crippen molar-refractivity contribution in [3.63, 3.8) is 0 Å². The fourth-order valence-corrected chi connectivity index (χ4v) is 6.06. The van der Waals surface area contributed by atoms with Crippen molar-refractivity contribution in [1.29, 1.82) is 0 Å². The van der Waals surface area contributed by atoms with Crippen molar-refractivity contribution >= 4 is 0 Å². The molecule has 3 saturated carbocycles. The van der Waals surface area contributed by atoms with Gasteiger partial charge in [0.2, 0.25) is 5.88 Å². The van der Waals surface area contributed by atoms with Gasteiger partial charge in [0, 0.05) is 42.4 Å². The molecule has 0 unspecified atom stereocenters. The van der Waals surface area contributed by atoms with Gasteiger partial charge in [-0.1, -0.05) is 12.8 Å². The van der Waals surface area contributed by atoms with Gasteiger partial charge in [-0.15, -0.1) is 0 Å². The molecule has 0 radical (unpaired) electrons. The SMILES string of the molecule is c1cnc(OC2CCC(N[C@H]3[C@H]4CCO[C@H]4C34CCCC4)CC2)cn1. The normalized spacial score (nSPS) is 39.1. The van der Waals surface area contributed by atoms with Crippen LogP contribution in [0, 0.1) is 11.3 Å². The summed E-state index contributed by atoms with van der Waals surface area (Å²) in [5.74, 6) is 1.43. The van der Waals surface area contributed by atoms with E-state index in [0.29, 0.717) is 35.6 Å². The number of rotatable bonds is 4. The quantitative estimate of drug-likeness (QED) is 0.910. The van der Waals surface area contributed by atoms with Gasteiger partial charge >= 0.3 is 0 Å². The minimum atomic E-state index is 0.291. The lowest BCUT2D eigenvalue weighted by Gasteiger charge is -2.58. The standard InChI is InChI=1S/C20H29N3O2/c1-2-9-20(8-1)18(16-7-12-24-19(16)20)23-14-3-5-15(6-4-14)25-17-13-21-10-11-22-17/h10-11,13-16,18-19,23H,1-9,12H2/t14?,15?,16-,18+,19-/m1/s1. The third-order valence-electron chi connectivity index (χ3n) is 7.20. The average Bonchev–Trinajstić information content (AvgIpc) is 3.31. The highest BCUT2D eigenvalue weighted by atomic mass is 16.5. The van der Waals surface area contributed by atoms with Crippen LogP contribution in [0.4, 0.5) is 0 Å². The van der Waals surface area contributed by atoms with E-state index < -0.39 is 0 Å². The maximum atomic E-state index is 6.12. The molecule has 5 rings (SSSR count). The first-order valence-corrected chi connectivity index (χ1v) is 10.2. The Labute approximate surface area is 149 Å². The Morgan fingerprint density at radius 1 is 1.08 bits per heavy atom. The molecule has 0 amide bonds. The van der Waals surface area contributed by atoms with Crippen LogP contribution in [0.15, 0.2) is 18.6 Å². The highest BCUT2D eigenvalue weighted by molar-refractivity contribution is 5.17. The molecule has 0 bridgehead atoms. The Morgan fingerprint density at radius 3 is 2.68 bits per heavy atom. The molecule has 1 N–H and O–H groups in total. The maximum absolute atomic E-state index is 6.12. The molecule has 3 aliphatic carbocycles. The third-order valence-corrected chi connectivity index (χ3v) is 7.20. The molecule has 1 aromatic rings. The molecule has 1 spiro atoms. The number of fused-ring (bicyclic) bond motifs is 2. The Balaban J connectivity index is 1.16. The Morgan fingerprint density at radius 2 is 1.92 bits per heavy atom. The van der Waals surface area contributed by atoms with Crippen molar-refractivity contribution in [2.45, 2.75) is 82.1 Å². The Hall–Kier alpha value is -1.20. The molecule has 4 aliphatic rings. The first-order chi connectivity index (χ1) is 12.4. The first-order valence-electron chi connectivity index (χ1n) is 10.2. The number of hydrogen-bond acceptors (Lipinski definition) is 5. The van der Waals surface area contributed by atoms with Crippen LogP contribution >= 0.6 is 0 Å². The van der Waals surface area contributed by atoms with E-state index in [1.165, 1.54) is 44.9 Å². The predicted octanol–water partition coefficient (Wildman–Crippen LogP) is 3.10. The highest BCUT2D eigenvalue weighted by Gasteiger charge is 2.64. The van der Waals surface area contributed by atoms with Crippen LogP contribution in [0.3, 0.4) is 0 Å². The third kappa shape index (κ3) is 2.76. The highest BCUT2D eigenvalue weighted by Crippen LogP contribution is 2.60. The van der Waals surface area contributed by atoms with E-state index in [4.69, 9.17) is 9.47 Å². The zero-order chi connectivity index (χ0) is 16.7. The number of hydrogen-bond donors (Lipinski definition) is 1. The number of aromatic nitrogens is 2. The molecule has 3 atom stereocenters. The number of nitrogens with one attached hydrogen (secondary N) is 1. The molecule has 1 saturated heterocycles. The van der Waals surface area contributed by atoms with Crippen LogP contribution in [-0.4, -0.2) is 40.9 Å². The minimum Gasteiger partial charge on any atom is -0.473 e. The molecule has 1 aromatic heterocycles. The molecule has 0 aromatic carbocycles. The summed E-state index contributed by atoms with van der Waals surface area (Å²) in [7, 11) is 0. The van der Waals surface area contributed by atoms with Crippen molar-refractivity contribution in [3.05, 3.63) is 18.6 Å². The molecular weight excluding hydrogens is 314 g/mol. The molecule has 4 fully saturated rings. The Bertz CT molecular complexity index is 582. The van der Waals surface area contributed by atoms with E-state index in [-0.39, 0.29) is 0 Å². The van der Waals surface area contributed by atoms with E-state index in [1.807, 2.05) is 0 Å². The second kappa shape index (κ2) is 6.51. The van der Waals surface area contributed by atoms with Gasteiger partial charge in [-0.2, -0.15) is 0 Å². The summed E-state index contributed by atoms with van der Waals surface area (Å²) >= 11 is 0. The zero-order valence-electron chi connectivity index (χ0n) is 14.9. The van der Waals surface area contributed by atoms with Crippen molar-refractivity contribution in [1.82, 2.24) is 15.3 Å². The van der Waals surface area contributed by atoms with Gasteiger partial charge in [-0.05, 0) is 44.9 Å². The summed E-state index contributed by atoms with van der Waals surface area (Å²) in [6, 6.07) is 1.34. The Kier molecular flexibility index (Phi) is 4.17. The summed E-state index contributed by atoms with van der Waals surface area (Å²) in [5, 5.41) is 4.08. The molecular formula is C20H29N3O2. The molecule has 5 heteroatoms. The van der Waals surface area contributed by atoms with E-state index in [9.17, 15) is 0 Å². The van der Waals surface area contributed by atoms with Crippen LogP contribution < -0.4 is 10.1 Å². The molecule has 136 valence electrons. The molecule has 2 heterocycles. The van der Waals surface area contributed by atoms with E-state index in [2.05, 4.69) is 15.3 Å². The largest absolute Gasteiger partial charge is 0.473 e. The van der Waals surface area contributed by atoms with Crippen LogP contribution in [0.1, 0.15) is 57.8 Å². The van der Waals surface area contributed by atoms with Gasteiger partial charge < -0.3 is 14.8 Å². The lowest BCUT2D eigenvalue weighted by molar-refractivity contribution is -0.134. The average molecular weight is 343 g/mol. The zero-order valence-corrected chi connectivity index (χ0v) is 14.9. The fraction of sp³-hybridized carbons (Fsp3) is 0.800.